The molecule has 1 aliphatic rings. The minimum atomic E-state index is -0.439. The summed E-state index contributed by atoms with van der Waals surface area (Å²) >= 11 is 3.65. The number of aromatic nitrogens is 1. The summed E-state index contributed by atoms with van der Waals surface area (Å²) in [6, 6.07) is 83.3. The van der Waals surface area contributed by atoms with Gasteiger partial charge in [-0.2, -0.15) is 0 Å². The number of hydrogen-bond acceptors (Lipinski definition) is 6. The van der Waals surface area contributed by atoms with Crippen molar-refractivity contribution < 1.29 is 4.42 Å². The Morgan fingerprint density at radius 3 is 1.88 bits per heavy atom. The number of nitrogens with zero attached hydrogens (tertiary/aromatic N) is 3. The van der Waals surface area contributed by atoms with Gasteiger partial charge in [-0.3, -0.25) is 0 Å². The van der Waals surface area contributed by atoms with Crippen LogP contribution in [0.5, 0.6) is 0 Å². The smallest absolute Gasteiger partial charge is 0.159 e. The maximum absolute atomic E-state index is 6.63. The van der Waals surface area contributed by atoms with Crippen LogP contribution in [0, 0.1) is 0 Å². The first kappa shape index (κ1) is 41.5. The van der Waals surface area contributed by atoms with Crippen LogP contribution in [0.25, 0.3) is 123 Å². The number of amidine groups is 2. The fourth-order valence-corrected chi connectivity index (χ4v) is 14.1. The fourth-order valence-electron chi connectivity index (χ4n) is 11.8. The average molecular weight is 981 g/mol. The van der Waals surface area contributed by atoms with Crippen molar-refractivity contribution in [1.29, 1.82) is 0 Å². The largest absolute Gasteiger partial charge is 0.456 e. The van der Waals surface area contributed by atoms with Gasteiger partial charge in [-0.15, -0.1) is 22.7 Å². The molecule has 5 heterocycles. The van der Waals surface area contributed by atoms with Crippen LogP contribution in [0.15, 0.2) is 245 Å². The van der Waals surface area contributed by atoms with Crippen LogP contribution in [0.2, 0.25) is 0 Å². The fraction of sp³-hybridized carbons (Fsp3) is 0.0149. The van der Waals surface area contributed by atoms with E-state index in [-0.39, 0.29) is 0 Å². The summed E-state index contributed by atoms with van der Waals surface area (Å²) in [4.78, 5) is 11.3. The molecule has 11 aromatic carbocycles. The van der Waals surface area contributed by atoms with Crippen molar-refractivity contribution in [3.8, 4) is 27.9 Å². The van der Waals surface area contributed by atoms with E-state index in [0.29, 0.717) is 5.84 Å². The predicted octanol–water partition coefficient (Wildman–Crippen LogP) is 18.4. The molecule has 1 N–H and O–H groups in total. The first-order valence-corrected chi connectivity index (χ1v) is 26.6. The molecule has 0 radical (unpaired) electrons. The summed E-state index contributed by atoms with van der Waals surface area (Å²) in [5, 5.41) is 15.7. The van der Waals surface area contributed by atoms with Crippen LogP contribution >= 0.6 is 22.7 Å². The number of aliphatic imine (C=N–C) groups is 2. The van der Waals surface area contributed by atoms with E-state index in [1.165, 1.54) is 73.0 Å². The molecule has 0 aliphatic carbocycles. The third kappa shape index (κ3) is 6.27. The van der Waals surface area contributed by atoms with E-state index < -0.39 is 6.17 Å². The topological polar surface area (TPSA) is 54.8 Å². The van der Waals surface area contributed by atoms with E-state index in [0.717, 1.165) is 72.3 Å². The Balaban J connectivity index is 0.995. The van der Waals surface area contributed by atoms with Crippen LogP contribution < -0.4 is 5.32 Å². The summed E-state index contributed by atoms with van der Waals surface area (Å²) in [5.41, 5.74) is 12.6. The molecular weight excluding hydrogens is 941 g/mol. The molecule has 15 aromatic rings. The maximum Gasteiger partial charge on any atom is 0.159 e. The maximum atomic E-state index is 6.63. The Labute approximate surface area is 432 Å². The van der Waals surface area contributed by atoms with Gasteiger partial charge in [0.2, 0.25) is 0 Å². The molecule has 0 fully saturated rings. The van der Waals surface area contributed by atoms with E-state index in [1.807, 2.05) is 28.7 Å². The highest BCUT2D eigenvalue weighted by Gasteiger charge is 2.28. The number of rotatable bonds is 6. The van der Waals surface area contributed by atoms with Crippen molar-refractivity contribution in [3.63, 3.8) is 0 Å². The standard InChI is InChI=1S/C67H40N4OS2/c1-2-16-39(17-3-1)43-23-12-27-53-61(43)51-36-40-18-4-5-19-41(40)38-54(51)71(53)52-35-34-42(37-50(52)44-24-13-29-56-62(44)45-20-6-9-28-55(45)72-56)65-68-66(48-25-14-32-59-63(48)46-21-7-10-30-57(46)73-59)70-67(69-65)49-26-15-33-60-64(49)47-22-8-11-31-58(47)74-60/h1-38,66H,(H,68,69,70). The molecule has 4 aromatic heterocycles. The molecule has 5 nitrogen and oxygen atoms in total. The molecule has 0 bridgehead atoms. The van der Waals surface area contributed by atoms with Gasteiger partial charge in [-0.25, -0.2) is 9.98 Å². The molecule has 0 spiro atoms. The van der Waals surface area contributed by atoms with Crippen LogP contribution in [0.3, 0.4) is 0 Å². The molecular formula is C67H40N4OS2. The minimum absolute atomic E-state index is 0.439. The molecule has 0 amide bonds. The van der Waals surface area contributed by atoms with Gasteiger partial charge in [0.05, 0.1) is 16.7 Å². The zero-order valence-electron chi connectivity index (χ0n) is 39.6. The molecule has 7 heteroatoms. The van der Waals surface area contributed by atoms with Crippen LogP contribution in [0.4, 0.5) is 0 Å². The first-order chi connectivity index (χ1) is 36.7. The van der Waals surface area contributed by atoms with Gasteiger partial charge < -0.3 is 14.3 Å². The zero-order valence-corrected chi connectivity index (χ0v) is 41.2. The second-order valence-electron chi connectivity index (χ2n) is 19.2. The molecule has 0 saturated carbocycles. The third-order valence-electron chi connectivity index (χ3n) is 15.1. The number of thiophene rings is 2. The molecule has 346 valence electrons. The normalized spacial score (nSPS) is 14.1. The second kappa shape index (κ2) is 16.2. The lowest BCUT2D eigenvalue weighted by Gasteiger charge is -2.25. The van der Waals surface area contributed by atoms with Crippen LogP contribution in [-0.2, 0) is 0 Å². The number of hydrogen-bond donors (Lipinski definition) is 1. The van der Waals surface area contributed by atoms with E-state index in [2.05, 4.69) is 234 Å². The van der Waals surface area contributed by atoms with Gasteiger partial charge in [-0.1, -0.05) is 158 Å². The number of fused-ring (bicyclic) bond motifs is 13. The Kier molecular flexibility index (Phi) is 9.07. The molecule has 1 atom stereocenters. The Morgan fingerprint density at radius 2 is 1.04 bits per heavy atom. The lowest BCUT2D eigenvalue weighted by Crippen LogP contribution is -2.33. The summed E-state index contributed by atoms with van der Waals surface area (Å²) in [5.74, 6) is 1.45. The van der Waals surface area contributed by atoms with Crippen molar-refractivity contribution in [1.82, 2.24) is 9.88 Å². The first-order valence-electron chi connectivity index (χ1n) is 25.0. The van der Waals surface area contributed by atoms with E-state index in [4.69, 9.17) is 14.4 Å². The van der Waals surface area contributed by atoms with Crippen molar-refractivity contribution in [3.05, 3.63) is 247 Å². The van der Waals surface area contributed by atoms with Crippen LogP contribution in [0.1, 0.15) is 22.9 Å². The van der Waals surface area contributed by atoms with Gasteiger partial charge in [0.15, 0.2) is 5.84 Å². The van der Waals surface area contributed by atoms with Crippen molar-refractivity contribution in [2.24, 2.45) is 9.98 Å². The van der Waals surface area contributed by atoms with Gasteiger partial charge in [-0.05, 0) is 100 Å². The van der Waals surface area contributed by atoms with Crippen LogP contribution in [-0.4, -0.2) is 16.2 Å². The van der Waals surface area contributed by atoms with Crippen molar-refractivity contribution >= 4 is 129 Å². The van der Waals surface area contributed by atoms with Gasteiger partial charge in [0, 0.05) is 84.1 Å². The second-order valence-corrected chi connectivity index (χ2v) is 21.3. The lowest BCUT2D eigenvalue weighted by atomic mass is 9.95. The Morgan fingerprint density at radius 1 is 0.405 bits per heavy atom. The summed E-state index contributed by atoms with van der Waals surface area (Å²) in [6.07, 6.45) is -0.439. The summed E-state index contributed by atoms with van der Waals surface area (Å²) in [6.45, 7) is 0. The summed E-state index contributed by atoms with van der Waals surface area (Å²) < 4.78 is 14.1. The predicted molar refractivity (Wildman–Crippen MR) is 314 cm³/mol. The number of nitrogens with one attached hydrogen (secondary N) is 1. The van der Waals surface area contributed by atoms with Crippen molar-refractivity contribution in [2.45, 2.75) is 6.17 Å². The van der Waals surface area contributed by atoms with Crippen molar-refractivity contribution in [2.75, 3.05) is 0 Å². The van der Waals surface area contributed by atoms with E-state index in [9.17, 15) is 0 Å². The quantitative estimate of drug-likeness (QED) is 0.180. The number of benzene rings is 11. The molecule has 1 aliphatic heterocycles. The Bertz CT molecular complexity index is 4900. The minimum Gasteiger partial charge on any atom is -0.456 e. The monoisotopic (exact) mass is 980 g/mol. The molecule has 1 unspecified atom stereocenters. The lowest BCUT2D eigenvalue weighted by molar-refractivity contribution is 0.669. The summed E-state index contributed by atoms with van der Waals surface area (Å²) in [7, 11) is 0. The zero-order chi connectivity index (χ0) is 48.4. The van der Waals surface area contributed by atoms with E-state index in [1.54, 1.807) is 0 Å². The third-order valence-corrected chi connectivity index (χ3v) is 17.3. The highest BCUT2D eigenvalue weighted by atomic mass is 32.1. The molecule has 0 saturated heterocycles. The van der Waals surface area contributed by atoms with Gasteiger partial charge in [0.1, 0.15) is 23.2 Å². The SMILES string of the molecule is c1ccc(-c2cccc3c2c2cc4ccccc4cc2n3-c2ccc(C3=NC(c4cccc5sc6ccccc6c45)NC(c4cccc5sc6ccccc6c45)=N3)cc2-c2cccc3oc4ccccc4c23)cc1. The number of para-hydroxylation sites is 1. The van der Waals surface area contributed by atoms with E-state index >= 15 is 0 Å². The highest BCUT2D eigenvalue weighted by Crippen LogP contribution is 2.46. The van der Waals surface area contributed by atoms with Gasteiger partial charge in [0.25, 0.3) is 0 Å². The average Bonchev–Trinajstić information content (AvgIpc) is 4.24. The highest BCUT2D eigenvalue weighted by molar-refractivity contribution is 7.26. The Hall–Kier alpha value is -9.14. The number of furan rings is 1. The molecule has 16 rings (SSSR count). The van der Waals surface area contributed by atoms with Gasteiger partial charge >= 0.3 is 0 Å². The molecule has 74 heavy (non-hydrogen) atoms.